The van der Waals surface area contributed by atoms with Crippen molar-refractivity contribution >= 4 is 17.3 Å². The second-order valence-electron chi connectivity index (χ2n) is 9.05. The Morgan fingerprint density at radius 1 is 0.889 bits per heavy atom. The van der Waals surface area contributed by atoms with Gasteiger partial charge in [-0.1, -0.05) is 57.0 Å². The maximum absolute atomic E-state index is 13.0. The smallest absolute Gasteiger partial charge is 0.341 e. The van der Waals surface area contributed by atoms with Crippen LogP contribution in [0.2, 0.25) is 0 Å². The second-order valence-corrected chi connectivity index (χ2v) is 9.05. The summed E-state index contributed by atoms with van der Waals surface area (Å²) in [5.41, 5.74) is 2.85. The average Bonchev–Trinajstić information content (AvgIpc) is 3.21. The van der Waals surface area contributed by atoms with Gasteiger partial charge in [0, 0.05) is 36.0 Å². The minimum atomic E-state index is -1.19. The number of hydrogen-bond acceptors (Lipinski definition) is 6. The van der Waals surface area contributed by atoms with Gasteiger partial charge in [-0.2, -0.15) is 0 Å². The molecule has 0 spiro atoms. The van der Waals surface area contributed by atoms with Crippen LogP contribution in [-0.4, -0.2) is 33.3 Å². The van der Waals surface area contributed by atoms with E-state index in [1.807, 2.05) is 30.3 Å². The number of esters is 1. The number of fused-ring (bicyclic) bond motifs is 1. The van der Waals surface area contributed by atoms with Crippen molar-refractivity contribution in [1.29, 1.82) is 0 Å². The van der Waals surface area contributed by atoms with E-state index < -0.39 is 5.72 Å². The molecule has 0 saturated heterocycles. The maximum atomic E-state index is 13.0. The van der Waals surface area contributed by atoms with Gasteiger partial charge in [-0.15, -0.1) is 0 Å². The number of rotatable bonds is 12. The Hall–Kier alpha value is -3.67. The largest absolute Gasteiger partial charge is 0.497 e. The van der Waals surface area contributed by atoms with Crippen molar-refractivity contribution in [2.45, 2.75) is 45.3 Å². The molecule has 0 aliphatic carbocycles. The van der Waals surface area contributed by atoms with Crippen LogP contribution in [0.15, 0.2) is 66.7 Å². The highest BCUT2D eigenvalue weighted by atomic mass is 16.6. The summed E-state index contributed by atoms with van der Waals surface area (Å²) in [5.74, 6) is 0.914. The number of anilines is 2. The van der Waals surface area contributed by atoms with Gasteiger partial charge in [0.15, 0.2) is 0 Å². The number of cyclic esters (lactones) is 1. The molecule has 4 rings (SSSR count). The lowest BCUT2D eigenvalue weighted by atomic mass is 9.92. The van der Waals surface area contributed by atoms with Gasteiger partial charge in [-0.25, -0.2) is 4.79 Å². The van der Waals surface area contributed by atoms with Crippen molar-refractivity contribution in [2.24, 2.45) is 0 Å². The molecule has 1 aliphatic rings. The van der Waals surface area contributed by atoms with Crippen molar-refractivity contribution in [3.8, 4) is 11.5 Å². The van der Waals surface area contributed by atoms with Crippen LogP contribution in [0.1, 0.15) is 61.0 Å². The van der Waals surface area contributed by atoms with E-state index in [1.54, 1.807) is 26.4 Å². The van der Waals surface area contributed by atoms with Crippen LogP contribution < -0.4 is 19.7 Å². The van der Waals surface area contributed by atoms with Crippen LogP contribution in [0.3, 0.4) is 0 Å². The fraction of sp³-hybridized carbons (Fsp3) is 0.367. The van der Waals surface area contributed by atoms with E-state index in [0.29, 0.717) is 22.7 Å². The van der Waals surface area contributed by atoms with Crippen LogP contribution in [0.4, 0.5) is 11.4 Å². The molecule has 0 amide bonds. The Balaban J connectivity index is 1.76. The highest BCUT2D eigenvalue weighted by Crippen LogP contribution is 2.44. The minimum absolute atomic E-state index is 0.359. The summed E-state index contributed by atoms with van der Waals surface area (Å²) in [6, 6.07) is 21.4. The summed E-state index contributed by atoms with van der Waals surface area (Å²) in [7, 11) is 3.22. The molecule has 190 valence electrons. The van der Waals surface area contributed by atoms with Crippen LogP contribution in [0, 0.1) is 0 Å². The molecular weight excluding hydrogens is 452 g/mol. The highest BCUT2D eigenvalue weighted by molar-refractivity contribution is 5.96. The van der Waals surface area contributed by atoms with Gasteiger partial charge < -0.3 is 24.4 Å². The summed E-state index contributed by atoms with van der Waals surface area (Å²) in [4.78, 5) is 15.4. The third kappa shape index (κ3) is 4.99. The van der Waals surface area contributed by atoms with Gasteiger partial charge in [-0.05, 0) is 43.2 Å². The first kappa shape index (κ1) is 25.4. The molecule has 1 unspecified atom stereocenters. The van der Waals surface area contributed by atoms with E-state index >= 15 is 0 Å². The van der Waals surface area contributed by atoms with Gasteiger partial charge in [-0.3, -0.25) is 0 Å². The predicted octanol–water partition coefficient (Wildman–Crippen LogP) is 6.59. The molecule has 0 bridgehead atoms. The maximum Gasteiger partial charge on any atom is 0.341 e. The Morgan fingerprint density at radius 2 is 1.58 bits per heavy atom. The summed E-state index contributed by atoms with van der Waals surface area (Å²) >= 11 is 0. The molecule has 1 heterocycles. The summed E-state index contributed by atoms with van der Waals surface area (Å²) in [6.45, 7) is 6.49. The Bertz CT molecular complexity index is 1170. The van der Waals surface area contributed by atoms with E-state index in [0.717, 1.165) is 49.9 Å². The first-order chi connectivity index (χ1) is 17.6. The lowest BCUT2D eigenvalue weighted by Gasteiger charge is -2.33. The van der Waals surface area contributed by atoms with Gasteiger partial charge >= 0.3 is 5.97 Å². The third-order valence-corrected chi connectivity index (χ3v) is 6.69. The highest BCUT2D eigenvalue weighted by Gasteiger charge is 2.47. The molecule has 1 atom stereocenters. The lowest BCUT2D eigenvalue weighted by Crippen LogP contribution is -2.37. The van der Waals surface area contributed by atoms with Crippen LogP contribution in [0.25, 0.3) is 0 Å². The van der Waals surface area contributed by atoms with E-state index in [-0.39, 0.29) is 5.97 Å². The molecule has 1 aliphatic heterocycles. The number of benzene rings is 3. The van der Waals surface area contributed by atoms with Crippen molar-refractivity contribution in [2.75, 3.05) is 37.5 Å². The van der Waals surface area contributed by atoms with Crippen LogP contribution >= 0.6 is 0 Å². The Kier molecular flexibility index (Phi) is 8.04. The lowest BCUT2D eigenvalue weighted by molar-refractivity contribution is 0.0212. The summed E-state index contributed by atoms with van der Waals surface area (Å²) in [6.07, 6.45) is 4.62. The molecule has 6 nitrogen and oxygen atoms in total. The zero-order valence-corrected chi connectivity index (χ0v) is 21.7. The fourth-order valence-corrected chi connectivity index (χ4v) is 4.66. The number of unbranched alkanes of at least 4 members (excludes halogenated alkanes) is 2. The molecule has 0 radical (unpaired) electrons. The zero-order chi connectivity index (χ0) is 25.5. The first-order valence-electron chi connectivity index (χ1n) is 12.7. The molecule has 0 aromatic heterocycles. The fourth-order valence-electron chi connectivity index (χ4n) is 4.66. The topological polar surface area (TPSA) is 60.0 Å². The number of hydrogen-bond donors (Lipinski definition) is 1. The van der Waals surface area contributed by atoms with E-state index in [1.165, 1.54) is 5.69 Å². The SMILES string of the molecule is CCCCN(CCCC)c1ccc(C2(Nc3ccc(OC)cc3OC)OC(=O)c3ccccc32)cc1. The Morgan fingerprint density at radius 3 is 2.22 bits per heavy atom. The number of nitrogens with one attached hydrogen (secondary N) is 1. The quantitative estimate of drug-likeness (QED) is 0.290. The number of methoxy groups -OCH3 is 2. The van der Waals surface area contributed by atoms with Gasteiger partial charge in [0.05, 0.1) is 25.5 Å². The molecular formula is C30H36N2O4. The second kappa shape index (κ2) is 11.4. The molecule has 1 N–H and O–H groups in total. The van der Waals surface area contributed by atoms with Crippen molar-refractivity contribution < 1.29 is 19.0 Å². The minimum Gasteiger partial charge on any atom is -0.497 e. The van der Waals surface area contributed by atoms with Gasteiger partial charge in [0.25, 0.3) is 0 Å². The first-order valence-corrected chi connectivity index (χ1v) is 12.7. The van der Waals surface area contributed by atoms with Crippen molar-refractivity contribution in [3.05, 3.63) is 83.4 Å². The molecule has 36 heavy (non-hydrogen) atoms. The number of carbonyl (C=O) groups is 1. The monoisotopic (exact) mass is 488 g/mol. The number of carbonyl (C=O) groups excluding carboxylic acids is 1. The van der Waals surface area contributed by atoms with E-state index in [4.69, 9.17) is 14.2 Å². The average molecular weight is 489 g/mol. The van der Waals surface area contributed by atoms with E-state index in [9.17, 15) is 4.79 Å². The zero-order valence-electron chi connectivity index (χ0n) is 21.7. The Labute approximate surface area is 214 Å². The molecule has 0 fully saturated rings. The molecule has 3 aromatic carbocycles. The summed E-state index contributed by atoms with van der Waals surface area (Å²) < 4.78 is 17.1. The predicted molar refractivity (Wildman–Crippen MR) is 144 cm³/mol. The number of ether oxygens (including phenoxy) is 3. The van der Waals surface area contributed by atoms with E-state index in [2.05, 4.69) is 48.3 Å². The van der Waals surface area contributed by atoms with Crippen LogP contribution in [0.5, 0.6) is 11.5 Å². The standard InChI is InChI=1S/C30H36N2O4/c1-5-7-19-32(20-8-6-2)23-15-13-22(14-16-23)30(26-12-10-9-11-25(26)29(33)36-30)31-27-18-17-24(34-3)21-28(27)35-4/h9-18,21,31H,5-8,19-20H2,1-4H3. The normalized spacial score (nSPS) is 16.3. The third-order valence-electron chi connectivity index (χ3n) is 6.69. The molecule has 3 aromatic rings. The molecule has 0 saturated carbocycles. The molecule has 6 heteroatoms. The van der Waals surface area contributed by atoms with Crippen molar-refractivity contribution in [1.82, 2.24) is 0 Å². The summed E-state index contributed by atoms with van der Waals surface area (Å²) in [5, 5.41) is 3.51. The van der Waals surface area contributed by atoms with Crippen molar-refractivity contribution in [3.63, 3.8) is 0 Å². The van der Waals surface area contributed by atoms with Crippen LogP contribution in [-0.2, 0) is 10.5 Å². The van der Waals surface area contributed by atoms with Gasteiger partial charge in [0.2, 0.25) is 5.72 Å². The van der Waals surface area contributed by atoms with Gasteiger partial charge in [0.1, 0.15) is 11.5 Å². The number of nitrogens with zero attached hydrogens (tertiary/aromatic N) is 1.